The van der Waals surface area contributed by atoms with Gasteiger partial charge in [-0.15, -0.1) is 0 Å². The van der Waals surface area contributed by atoms with Crippen molar-refractivity contribution in [1.82, 2.24) is 19.6 Å². The van der Waals surface area contributed by atoms with E-state index in [0.717, 1.165) is 0 Å². The molecule has 0 amide bonds. The van der Waals surface area contributed by atoms with E-state index in [9.17, 15) is 12.8 Å². The molecule has 25 heavy (non-hydrogen) atoms. The molecule has 3 rings (SSSR count). The highest BCUT2D eigenvalue weighted by Crippen LogP contribution is 2.19. The zero-order valence-corrected chi connectivity index (χ0v) is 14.8. The van der Waals surface area contributed by atoms with E-state index < -0.39 is 15.8 Å². The van der Waals surface area contributed by atoms with E-state index in [-0.39, 0.29) is 22.3 Å². The zero-order chi connectivity index (χ0) is 18.0. The molecular weight excluding hydrogens is 369 g/mol. The number of halogens is 2. The van der Waals surface area contributed by atoms with Crippen molar-refractivity contribution in [3.8, 4) is 0 Å². The third-order valence-electron chi connectivity index (χ3n) is 3.47. The fourth-order valence-corrected chi connectivity index (χ4v) is 3.36. The van der Waals surface area contributed by atoms with Gasteiger partial charge in [-0.1, -0.05) is 17.7 Å². The number of nitrogens with zero attached hydrogens (tertiary/aromatic N) is 4. The van der Waals surface area contributed by atoms with Gasteiger partial charge in [0.15, 0.2) is 5.82 Å². The Morgan fingerprint density at radius 1 is 1.28 bits per heavy atom. The number of rotatable bonds is 6. The molecule has 10 heteroatoms. The van der Waals surface area contributed by atoms with E-state index in [2.05, 4.69) is 14.9 Å². The van der Waals surface area contributed by atoms with Gasteiger partial charge in [-0.3, -0.25) is 14.1 Å². The second-order valence-electron chi connectivity index (χ2n) is 5.27. The lowest BCUT2D eigenvalue weighted by Gasteiger charge is -2.05. The van der Waals surface area contributed by atoms with Gasteiger partial charge in [-0.2, -0.15) is 10.2 Å². The fourth-order valence-electron chi connectivity index (χ4n) is 2.18. The average Bonchev–Trinajstić information content (AvgIpc) is 3.19. The maximum Gasteiger partial charge on any atom is 0.266 e. The van der Waals surface area contributed by atoms with Crippen molar-refractivity contribution in [2.75, 3.05) is 4.72 Å². The topological polar surface area (TPSA) is 81.8 Å². The standard InChI is InChI=1S/C15H15ClFN5O2S/c1-2-21-10-13(8-18-21)25(23,24)20-15-5-6-22(19-15)9-11-3-4-12(17)7-14(11)16/h3-8,10H,2,9H2,1H3,(H,19,20). The maximum atomic E-state index is 13.1. The highest BCUT2D eigenvalue weighted by molar-refractivity contribution is 7.92. The van der Waals surface area contributed by atoms with Crippen molar-refractivity contribution in [2.24, 2.45) is 0 Å². The molecule has 1 aromatic carbocycles. The second-order valence-corrected chi connectivity index (χ2v) is 7.36. The van der Waals surface area contributed by atoms with Crippen LogP contribution in [0.15, 0.2) is 47.8 Å². The molecule has 0 aliphatic carbocycles. The number of aryl methyl sites for hydroxylation is 1. The zero-order valence-electron chi connectivity index (χ0n) is 13.2. The van der Waals surface area contributed by atoms with Gasteiger partial charge < -0.3 is 0 Å². The molecule has 0 fully saturated rings. The SMILES string of the molecule is CCn1cc(S(=O)(=O)Nc2ccn(Cc3ccc(F)cc3Cl)n2)cn1. The molecule has 0 saturated heterocycles. The molecule has 0 unspecified atom stereocenters. The minimum absolute atomic E-state index is 0.0606. The van der Waals surface area contributed by atoms with Gasteiger partial charge in [0.25, 0.3) is 10.0 Å². The summed E-state index contributed by atoms with van der Waals surface area (Å²) in [5.41, 5.74) is 0.671. The monoisotopic (exact) mass is 383 g/mol. The van der Waals surface area contributed by atoms with Gasteiger partial charge in [0.2, 0.25) is 0 Å². The summed E-state index contributed by atoms with van der Waals surface area (Å²) in [4.78, 5) is 0.0606. The molecule has 0 aliphatic rings. The van der Waals surface area contributed by atoms with Crippen LogP contribution in [0, 0.1) is 5.82 Å². The van der Waals surface area contributed by atoms with E-state index in [0.29, 0.717) is 12.1 Å². The van der Waals surface area contributed by atoms with Crippen LogP contribution in [0.2, 0.25) is 5.02 Å². The minimum atomic E-state index is -3.76. The maximum absolute atomic E-state index is 13.1. The summed E-state index contributed by atoms with van der Waals surface area (Å²) in [6.45, 7) is 2.72. The predicted molar refractivity (Wildman–Crippen MR) is 91.4 cm³/mol. The first kappa shape index (κ1) is 17.4. The lowest BCUT2D eigenvalue weighted by Crippen LogP contribution is -2.13. The first-order valence-electron chi connectivity index (χ1n) is 7.40. The smallest absolute Gasteiger partial charge is 0.266 e. The van der Waals surface area contributed by atoms with Crippen LogP contribution in [-0.4, -0.2) is 28.0 Å². The number of anilines is 1. The van der Waals surface area contributed by atoms with Crippen molar-refractivity contribution in [3.63, 3.8) is 0 Å². The van der Waals surface area contributed by atoms with E-state index in [1.54, 1.807) is 12.3 Å². The molecule has 0 saturated carbocycles. The van der Waals surface area contributed by atoms with Gasteiger partial charge in [0, 0.05) is 30.0 Å². The molecule has 0 aliphatic heterocycles. The molecule has 132 valence electrons. The molecule has 0 spiro atoms. The Hall–Kier alpha value is -2.39. The van der Waals surface area contributed by atoms with Crippen LogP contribution < -0.4 is 4.72 Å². The quantitative estimate of drug-likeness (QED) is 0.709. The molecule has 7 nitrogen and oxygen atoms in total. The second kappa shape index (κ2) is 6.85. The van der Waals surface area contributed by atoms with Crippen LogP contribution in [0.3, 0.4) is 0 Å². The van der Waals surface area contributed by atoms with Gasteiger partial charge in [-0.25, -0.2) is 12.8 Å². The molecule has 2 aromatic heterocycles. The average molecular weight is 384 g/mol. The van der Waals surface area contributed by atoms with Crippen molar-refractivity contribution in [1.29, 1.82) is 0 Å². The highest BCUT2D eigenvalue weighted by atomic mass is 35.5. The summed E-state index contributed by atoms with van der Waals surface area (Å²) in [6.07, 6.45) is 4.33. The summed E-state index contributed by atoms with van der Waals surface area (Å²) in [7, 11) is -3.76. The Kier molecular flexibility index (Phi) is 4.78. The molecule has 2 heterocycles. The number of sulfonamides is 1. The Morgan fingerprint density at radius 3 is 2.76 bits per heavy atom. The molecule has 0 atom stereocenters. The van der Waals surface area contributed by atoms with Gasteiger partial charge in [-0.05, 0) is 24.6 Å². The van der Waals surface area contributed by atoms with Gasteiger partial charge in [0.1, 0.15) is 10.7 Å². The first-order valence-corrected chi connectivity index (χ1v) is 9.26. The lowest BCUT2D eigenvalue weighted by molar-refractivity contribution is 0.600. The number of aromatic nitrogens is 4. The first-order chi connectivity index (χ1) is 11.9. The Bertz CT molecular complexity index is 999. The summed E-state index contributed by atoms with van der Waals surface area (Å²) < 4.78 is 43.1. The van der Waals surface area contributed by atoms with Gasteiger partial charge in [0.05, 0.1) is 12.7 Å². The van der Waals surface area contributed by atoms with Crippen LogP contribution in [0.4, 0.5) is 10.2 Å². The number of benzene rings is 1. The Morgan fingerprint density at radius 2 is 2.08 bits per heavy atom. The minimum Gasteiger partial charge on any atom is -0.272 e. The number of nitrogens with one attached hydrogen (secondary N) is 1. The van der Waals surface area contributed by atoms with Crippen molar-refractivity contribution >= 4 is 27.4 Å². The van der Waals surface area contributed by atoms with E-state index >= 15 is 0 Å². The molecule has 3 aromatic rings. The van der Waals surface area contributed by atoms with Crippen molar-refractivity contribution in [2.45, 2.75) is 24.9 Å². The fraction of sp³-hybridized carbons (Fsp3) is 0.200. The van der Waals surface area contributed by atoms with Crippen LogP contribution in [0.25, 0.3) is 0 Å². The summed E-state index contributed by atoms with van der Waals surface area (Å²) in [5.74, 6) is -0.252. The van der Waals surface area contributed by atoms with Crippen LogP contribution >= 0.6 is 11.6 Å². The summed E-state index contributed by atoms with van der Waals surface area (Å²) in [6, 6.07) is 5.61. The third kappa shape index (κ3) is 3.99. The van der Waals surface area contributed by atoms with Crippen molar-refractivity contribution < 1.29 is 12.8 Å². The molecule has 1 N–H and O–H groups in total. The lowest BCUT2D eigenvalue weighted by atomic mass is 10.2. The Balaban J connectivity index is 1.75. The normalized spacial score (nSPS) is 11.6. The van der Waals surface area contributed by atoms with Gasteiger partial charge >= 0.3 is 0 Å². The van der Waals surface area contributed by atoms with E-state index in [1.165, 1.54) is 40.0 Å². The van der Waals surface area contributed by atoms with Crippen LogP contribution in [0.1, 0.15) is 12.5 Å². The van der Waals surface area contributed by atoms with E-state index in [1.807, 2.05) is 6.92 Å². The summed E-state index contributed by atoms with van der Waals surface area (Å²) in [5, 5.41) is 8.38. The number of hydrogen-bond donors (Lipinski definition) is 1. The Labute approximate surface area is 149 Å². The van der Waals surface area contributed by atoms with E-state index in [4.69, 9.17) is 11.6 Å². The van der Waals surface area contributed by atoms with Crippen molar-refractivity contribution in [3.05, 3.63) is 59.3 Å². The molecule has 0 bridgehead atoms. The largest absolute Gasteiger partial charge is 0.272 e. The predicted octanol–water partition coefficient (Wildman–Crippen LogP) is 2.74. The summed E-state index contributed by atoms with van der Waals surface area (Å²) >= 11 is 5.99. The third-order valence-corrected chi connectivity index (χ3v) is 5.13. The van der Waals surface area contributed by atoms with Crippen LogP contribution in [-0.2, 0) is 23.1 Å². The highest BCUT2D eigenvalue weighted by Gasteiger charge is 2.18. The number of hydrogen-bond acceptors (Lipinski definition) is 4. The van der Waals surface area contributed by atoms with Crippen LogP contribution in [0.5, 0.6) is 0 Å². The molecular formula is C15H15ClFN5O2S. The molecule has 0 radical (unpaired) electrons.